The summed E-state index contributed by atoms with van der Waals surface area (Å²) in [5.74, 6) is 2.94. The molecule has 4 saturated carbocycles. The number of rotatable bonds is 3. The summed E-state index contributed by atoms with van der Waals surface area (Å²) in [5.41, 5.74) is 9.81. The maximum absolute atomic E-state index is 6.38. The molecule has 1 heterocycles. The lowest BCUT2D eigenvalue weighted by Gasteiger charge is -2.61. The Morgan fingerprint density at radius 1 is 1.20 bits per heavy atom. The summed E-state index contributed by atoms with van der Waals surface area (Å²) in [5, 5.41) is 7.73. The topological polar surface area (TPSA) is 77.0 Å². The van der Waals surface area contributed by atoms with Crippen molar-refractivity contribution in [3.8, 4) is 11.5 Å². The van der Waals surface area contributed by atoms with E-state index in [2.05, 4.69) is 28.4 Å². The molecule has 2 atom stereocenters. The molecule has 0 radical (unpaired) electrons. The molecule has 3 N–H and O–H groups in total. The highest BCUT2D eigenvalue weighted by Gasteiger charge is 2.55. The Balaban J connectivity index is 1.43. The second-order valence-corrected chi connectivity index (χ2v) is 9.13. The van der Waals surface area contributed by atoms with E-state index in [1.165, 1.54) is 38.5 Å². The van der Waals surface area contributed by atoms with Gasteiger partial charge in [-0.3, -0.25) is 0 Å². The van der Waals surface area contributed by atoms with Crippen molar-refractivity contribution in [2.24, 2.45) is 17.3 Å². The van der Waals surface area contributed by atoms with Crippen LogP contribution in [0.5, 0.6) is 0 Å². The number of nitrogens with two attached hydrogens (primary N) is 1. The van der Waals surface area contributed by atoms with Gasteiger partial charge in [0.15, 0.2) is 5.82 Å². The number of benzene rings is 1. The van der Waals surface area contributed by atoms with Gasteiger partial charge in [-0.05, 0) is 80.9 Å². The standard InChI is InChI=1S/C20H26N4O/c1-12-22-18(25-24-12)15-3-4-17(16(21)6-15)23-20-9-13-5-14(10-20)8-19(2,7-13)11-20/h3-4,6,13-14,23H,5,7-11,21H2,1-2H3. The third kappa shape index (κ3) is 2.52. The normalized spacial score (nSPS) is 35.9. The zero-order chi connectivity index (χ0) is 17.2. The Kier molecular flexibility index (Phi) is 3.04. The van der Waals surface area contributed by atoms with Gasteiger partial charge in [0.05, 0.1) is 11.4 Å². The third-order valence-corrected chi connectivity index (χ3v) is 6.58. The van der Waals surface area contributed by atoms with Crippen molar-refractivity contribution >= 4 is 11.4 Å². The fourth-order valence-electron chi connectivity index (χ4n) is 6.38. The van der Waals surface area contributed by atoms with E-state index in [9.17, 15) is 0 Å². The summed E-state index contributed by atoms with van der Waals surface area (Å²) in [4.78, 5) is 4.29. The third-order valence-electron chi connectivity index (χ3n) is 6.58. The highest BCUT2D eigenvalue weighted by Crippen LogP contribution is 2.62. The van der Waals surface area contributed by atoms with Crippen LogP contribution < -0.4 is 11.1 Å². The highest BCUT2D eigenvalue weighted by atomic mass is 16.5. The first-order chi connectivity index (χ1) is 11.9. The largest absolute Gasteiger partial charge is 0.397 e. The molecule has 1 aromatic heterocycles. The van der Waals surface area contributed by atoms with Gasteiger partial charge in [-0.25, -0.2) is 0 Å². The predicted molar refractivity (Wildman–Crippen MR) is 98.0 cm³/mol. The first-order valence-corrected chi connectivity index (χ1v) is 9.41. The number of nitrogen functional groups attached to an aromatic ring is 1. The minimum atomic E-state index is 0.232. The number of aryl methyl sites for hydroxylation is 1. The molecule has 25 heavy (non-hydrogen) atoms. The number of hydrogen-bond donors (Lipinski definition) is 2. The quantitative estimate of drug-likeness (QED) is 0.811. The Morgan fingerprint density at radius 3 is 2.56 bits per heavy atom. The number of hydrogen-bond acceptors (Lipinski definition) is 5. The van der Waals surface area contributed by atoms with Crippen molar-refractivity contribution in [1.29, 1.82) is 0 Å². The van der Waals surface area contributed by atoms with Crippen LogP contribution in [0.2, 0.25) is 0 Å². The lowest BCUT2D eigenvalue weighted by Crippen LogP contribution is -2.58. The monoisotopic (exact) mass is 338 g/mol. The summed E-state index contributed by atoms with van der Waals surface area (Å²) >= 11 is 0. The molecule has 0 aliphatic heterocycles. The maximum atomic E-state index is 6.38. The number of nitrogens with zero attached hydrogens (tertiary/aromatic N) is 2. The molecular weight excluding hydrogens is 312 g/mol. The van der Waals surface area contributed by atoms with Gasteiger partial charge in [-0.2, -0.15) is 4.98 Å². The van der Waals surface area contributed by atoms with Crippen molar-refractivity contribution in [2.45, 2.75) is 57.9 Å². The van der Waals surface area contributed by atoms with Crippen LogP contribution in [0.15, 0.2) is 22.7 Å². The second kappa shape index (κ2) is 4.99. The smallest absolute Gasteiger partial charge is 0.257 e. The van der Waals surface area contributed by atoms with Crippen molar-refractivity contribution in [3.05, 3.63) is 24.0 Å². The summed E-state index contributed by atoms with van der Waals surface area (Å²) < 4.78 is 5.26. The summed E-state index contributed by atoms with van der Waals surface area (Å²) in [6, 6.07) is 6.04. The van der Waals surface area contributed by atoms with Crippen molar-refractivity contribution in [2.75, 3.05) is 11.1 Å². The van der Waals surface area contributed by atoms with Crippen LogP contribution in [-0.2, 0) is 0 Å². The van der Waals surface area contributed by atoms with Crippen LogP contribution in [0.25, 0.3) is 11.5 Å². The molecule has 0 saturated heterocycles. The van der Waals surface area contributed by atoms with Crippen LogP contribution in [0.1, 0.15) is 51.3 Å². The molecule has 1 aromatic carbocycles. The van der Waals surface area contributed by atoms with E-state index in [0.29, 0.717) is 17.1 Å². The van der Waals surface area contributed by atoms with E-state index in [0.717, 1.165) is 28.8 Å². The van der Waals surface area contributed by atoms with E-state index in [-0.39, 0.29) is 5.54 Å². The predicted octanol–water partition coefficient (Wildman–Crippen LogP) is 4.40. The molecule has 4 aliphatic rings. The molecule has 5 heteroatoms. The molecule has 4 fully saturated rings. The molecule has 0 spiro atoms. The summed E-state index contributed by atoms with van der Waals surface area (Å²) in [7, 11) is 0. The highest BCUT2D eigenvalue weighted by molar-refractivity contribution is 5.73. The fraction of sp³-hybridized carbons (Fsp3) is 0.600. The lowest BCUT2D eigenvalue weighted by molar-refractivity contribution is -0.0478. The SMILES string of the molecule is Cc1noc(-c2ccc(NC34CC5CC(CC(C)(C5)C3)C4)c(N)c2)n1. The molecular formula is C20H26N4O. The molecule has 2 aromatic rings. The van der Waals surface area contributed by atoms with Gasteiger partial charge < -0.3 is 15.6 Å². The van der Waals surface area contributed by atoms with Crippen LogP contribution in [0, 0.1) is 24.2 Å². The first kappa shape index (κ1) is 15.2. The van der Waals surface area contributed by atoms with E-state index in [4.69, 9.17) is 10.3 Å². The molecule has 5 nitrogen and oxygen atoms in total. The van der Waals surface area contributed by atoms with Gasteiger partial charge in [-0.15, -0.1) is 0 Å². The van der Waals surface area contributed by atoms with E-state index < -0.39 is 0 Å². The zero-order valence-electron chi connectivity index (χ0n) is 15.0. The van der Waals surface area contributed by atoms with E-state index >= 15 is 0 Å². The molecule has 6 rings (SSSR count). The first-order valence-electron chi connectivity index (χ1n) is 9.41. The number of anilines is 2. The Morgan fingerprint density at radius 2 is 1.96 bits per heavy atom. The van der Waals surface area contributed by atoms with Gasteiger partial charge >= 0.3 is 0 Å². The van der Waals surface area contributed by atoms with Crippen LogP contribution in [0.4, 0.5) is 11.4 Å². The van der Waals surface area contributed by atoms with E-state index in [1.54, 1.807) is 0 Å². The Labute approximate surface area is 148 Å². The Hall–Kier alpha value is -2.04. The Bertz CT molecular complexity index is 813. The molecule has 2 unspecified atom stereocenters. The van der Waals surface area contributed by atoms with Crippen molar-refractivity contribution in [1.82, 2.24) is 10.1 Å². The average Bonchev–Trinajstić information content (AvgIpc) is 2.93. The van der Waals surface area contributed by atoms with Gasteiger partial charge in [0.25, 0.3) is 5.89 Å². The zero-order valence-corrected chi connectivity index (χ0v) is 15.0. The molecule has 4 aliphatic carbocycles. The number of nitrogens with one attached hydrogen (secondary N) is 1. The molecule has 132 valence electrons. The van der Waals surface area contributed by atoms with Crippen LogP contribution in [-0.4, -0.2) is 15.7 Å². The van der Waals surface area contributed by atoms with Gasteiger partial charge in [0.1, 0.15) is 0 Å². The second-order valence-electron chi connectivity index (χ2n) is 9.13. The van der Waals surface area contributed by atoms with Crippen molar-refractivity contribution < 1.29 is 4.52 Å². The van der Waals surface area contributed by atoms with Gasteiger partial charge in [0, 0.05) is 11.1 Å². The van der Waals surface area contributed by atoms with Crippen LogP contribution >= 0.6 is 0 Å². The lowest BCUT2D eigenvalue weighted by atomic mass is 9.47. The molecule has 0 amide bonds. The minimum absolute atomic E-state index is 0.232. The summed E-state index contributed by atoms with van der Waals surface area (Å²) in [6.45, 7) is 4.31. The van der Waals surface area contributed by atoms with Gasteiger partial charge in [0.2, 0.25) is 0 Å². The maximum Gasteiger partial charge on any atom is 0.257 e. The van der Waals surface area contributed by atoms with Gasteiger partial charge in [-0.1, -0.05) is 12.1 Å². The van der Waals surface area contributed by atoms with Crippen LogP contribution in [0.3, 0.4) is 0 Å². The average molecular weight is 338 g/mol. The number of aromatic nitrogens is 2. The van der Waals surface area contributed by atoms with Crippen molar-refractivity contribution in [3.63, 3.8) is 0 Å². The fourth-order valence-corrected chi connectivity index (χ4v) is 6.38. The summed E-state index contributed by atoms with van der Waals surface area (Å²) in [6.07, 6.45) is 8.13. The minimum Gasteiger partial charge on any atom is -0.397 e. The van der Waals surface area contributed by atoms with E-state index in [1.807, 2.05) is 19.1 Å². The molecule has 4 bridgehead atoms.